The zero-order chi connectivity index (χ0) is 35.9. The van der Waals surface area contributed by atoms with Crippen LogP contribution < -0.4 is 15.5 Å². The highest BCUT2D eigenvalue weighted by Gasteiger charge is 2.37. The van der Waals surface area contributed by atoms with Crippen LogP contribution in [0.25, 0.3) is 10.4 Å². The summed E-state index contributed by atoms with van der Waals surface area (Å²) in [7, 11) is 4.16. The van der Waals surface area contributed by atoms with Gasteiger partial charge >= 0.3 is 0 Å². The van der Waals surface area contributed by atoms with E-state index in [2.05, 4.69) is 48.8 Å². The molecule has 4 atom stereocenters. The first kappa shape index (κ1) is 38.6. The van der Waals surface area contributed by atoms with Crippen molar-refractivity contribution in [3.8, 4) is 0 Å². The molecular weight excluding hydrogens is 757 g/mol. The van der Waals surface area contributed by atoms with Crippen LogP contribution in [0.2, 0.25) is 30.1 Å². The summed E-state index contributed by atoms with van der Waals surface area (Å²) in [6, 6.07) is 27.1. The van der Waals surface area contributed by atoms with Crippen molar-refractivity contribution in [3.05, 3.63) is 137 Å². The lowest BCUT2D eigenvalue weighted by Gasteiger charge is -2.47. The van der Waals surface area contributed by atoms with E-state index in [9.17, 15) is 0 Å². The van der Waals surface area contributed by atoms with Crippen molar-refractivity contribution >= 4 is 81.0 Å². The Morgan fingerprint density at radius 3 is 1.42 bits per heavy atom. The number of halogens is 6. The summed E-state index contributed by atoms with van der Waals surface area (Å²) in [5.41, 5.74) is 19.1. The van der Waals surface area contributed by atoms with Crippen LogP contribution in [0.3, 0.4) is 0 Å². The lowest BCUT2D eigenvalue weighted by atomic mass is 9.93. The Bertz CT molecular complexity index is 1790. The maximum absolute atomic E-state index is 8.81. The Balaban J connectivity index is 0.000000195. The van der Waals surface area contributed by atoms with E-state index in [0.29, 0.717) is 38.2 Å². The van der Waals surface area contributed by atoms with Gasteiger partial charge in [0.2, 0.25) is 0 Å². The minimum atomic E-state index is -0.0322. The van der Waals surface area contributed by atoms with Crippen LogP contribution in [0.1, 0.15) is 23.2 Å². The molecule has 0 unspecified atom stereocenters. The summed E-state index contributed by atoms with van der Waals surface area (Å²) in [4.78, 5) is 12.0. The van der Waals surface area contributed by atoms with Crippen LogP contribution in [0.15, 0.2) is 90.0 Å². The second-order valence-corrected chi connectivity index (χ2v) is 14.9. The maximum atomic E-state index is 8.81. The standard InChI is InChI=1S/C18H18Cl3N5.C18H20Cl3N3/c1-25-8-9-26(16-7-6-14(20)10-15(16)21)18(17(25)11-23-24-22)12-2-4-13(19)5-3-12;1-23-8-9-24(16-7-6-14(20)10-15(16)21)18(17(23)11-22)12-2-4-13(19)5-3-12/h2-7,10,17-18H,8-9,11H2,1H3;2-7,10,17-18H,8-9,11,22H2,1H3/t2*17-,18+/m11/s1. The average Bonchev–Trinajstić information content (AvgIpc) is 3.09. The van der Waals surface area contributed by atoms with Crippen molar-refractivity contribution in [2.45, 2.75) is 24.2 Å². The first-order valence-electron chi connectivity index (χ1n) is 16.1. The summed E-state index contributed by atoms with van der Waals surface area (Å²) in [5, 5.41) is 7.73. The summed E-state index contributed by atoms with van der Waals surface area (Å²) in [6.45, 7) is 4.33. The summed E-state index contributed by atoms with van der Waals surface area (Å²) in [5.74, 6) is 0. The van der Waals surface area contributed by atoms with Crippen molar-refractivity contribution < 1.29 is 0 Å². The second-order valence-electron chi connectivity index (χ2n) is 12.3. The Hall–Kier alpha value is -2.59. The Morgan fingerprint density at radius 2 is 1.02 bits per heavy atom. The third-order valence-electron chi connectivity index (χ3n) is 9.35. The third kappa shape index (κ3) is 9.06. The fraction of sp³-hybridized carbons (Fsp3) is 0.333. The van der Waals surface area contributed by atoms with Gasteiger partial charge < -0.3 is 15.5 Å². The zero-order valence-electron chi connectivity index (χ0n) is 27.6. The number of benzene rings is 4. The predicted molar refractivity (Wildman–Crippen MR) is 212 cm³/mol. The summed E-state index contributed by atoms with van der Waals surface area (Å²) in [6.07, 6.45) is 0. The van der Waals surface area contributed by atoms with E-state index in [-0.39, 0.29) is 24.2 Å². The number of anilines is 2. The molecule has 2 aliphatic heterocycles. The molecular formula is C36H38Cl6N8. The van der Waals surface area contributed by atoms with Gasteiger partial charge in [-0.05, 0) is 91.4 Å². The topological polar surface area (TPSA) is 87.7 Å². The number of nitrogens with two attached hydrogens (primary N) is 1. The number of likely N-dealkylation sites (N-methyl/N-ethyl adjacent to an activating group) is 2. The number of rotatable bonds is 7. The normalized spacial score (nSPS) is 21.3. The largest absolute Gasteiger partial charge is 0.360 e. The molecule has 2 saturated heterocycles. The van der Waals surface area contributed by atoms with E-state index in [1.807, 2.05) is 67.7 Å². The molecule has 0 spiro atoms. The van der Waals surface area contributed by atoms with Crippen molar-refractivity contribution in [2.24, 2.45) is 10.8 Å². The lowest BCUT2D eigenvalue weighted by molar-refractivity contribution is 0.179. The Morgan fingerprint density at radius 1 is 0.620 bits per heavy atom. The molecule has 50 heavy (non-hydrogen) atoms. The predicted octanol–water partition coefficient (Wildman–Crippen LogP) is 10.3. The van der Waals surface area contributed by atoms with Gasteiger partial charge in [0.05, 0.1) is 33.5 Å². The molecule has 14 heteroatoms. The van der Waals surface area contributed by atoms with Crippen LogP contribution in [0.4, 0.5) is 11.4 Å². The van der Waals surface area contributed by atoms with Crippen LogP contribution in [0, 0.1) is 0 Å². The first-order valence-corrected chi connectivity index (χ1v) is 18.3. The number of azide groups is 1. The van der Waals surface area contributed by atoms with Gasteiger partial charge in [0.15, 0.2) is 0 Å². The van der Waals surface area contributed by atoms with E-state index in [0.717, 1.165) is 48.1 Å². The van der Waals surface area contributed by atoms with Crippen LogP contribution in [0.5, 0.6) is 0 Å². The highest BCUT2D eigenvalue weighted by atomic mass is 35.5. The molecule has 0 radical (unpaired) electrons. The zero-order valence-corrected chi connectivity index (χ0v) is 32.1. The van der Waals surface area contributed by atoms with Crippen molar-refractivity contribution in [1.82, 2.24) is 9.80 Å². The minimum Gasteiger partial charge on any atom is -0.360 e. The second kappa shape index (κ2) is 17.8. The van der Waals surface area contributed by atoms with E-state index < -0.39 is 0 Å². The molecule has 4 aromatic rings. The minimum absolute atomic E-state index is 0.00701. The molecule has 0 aliphatic carbocycles. The van der Waals surface area contributed by atoms with Gasteiger partial charge in [-0.3, -0.25) is 9.80 Å². The quantitative estimate of drug-likeness (QED) is 0.114. The average molecular weight is 795 g/mol. The van der Waals surface area contributed by atoms with Crippen LogP contribution in [-0.2, 0) is 0 Å². The Labute approximate surface area is 323 Å². The molecule has 0 aromatic heterocycles. The molecule has 2 heterocycles. The maximum Gasteiger partial charge on any atom is 0.0711 e. The monoisotopic (exact) mass is 792 g/mol. The van der Waals surface area contributed by atoms with E-state index >= 15 is 0 Å². The van der Waals surface area contributed by atoms with Crippen molar-refractivity contribution in [2.75, 3.05) is 63.2 Å². The lowest BCUT2D eigenvalue weighted by Crippen LogP contribution is -2.56. The molecule has 0 amide bonds. The van der Waals surface area contributed by atoms with E-state index in [1.54, 1.807) is 12.1 Å². The third-order valence-corrected chi connectivity index (χ3v) is 10.9. The highest BCUT2D eigenvalue weighted by molar-refractivity contribution is 6.37. The molecule has 6 rings (SSSR count). The van der Waals surface area contributed by atoms with Crippen LogP contribution in [-0.4, -0.2) is 75.2 Å². The molecule has 2 aliphatic rings. The van der Waals surface area contributed by atoms with Gasteiger partial charge in [-0.2, -0.15) is 0 Å². The first-order chi connectivity index (χ1) is 24.0. The molecule has 0 bridgehead atoms. The van der Waals surface area contributed by atoms with E-state index in [4.69, 9.17) is 80.9 Å². The van der Waals surface area contributed by atoms with Crippen molar-refractivity contribution in [3.63, 3.8) is 0 Å². The highest BCUT2D eigenvalue weighted by Crippen LogP contribution is 2.41. The van der Waals surface area contributed by atoms with Crippen LogP contribution >= 0.6 is 69.6 Å². The Kier molecular flexibility index (Phi) is 13.7. The van der Waals surface area contributed by atoms with E-state index in [1.165, 1.54) is 5.56 Å². The summed E-state index contributed by atoms with van der Waals surface area (Å²) >= 11 is 37.2. The number of piperazine rings is 2. The fourth-order valence-electron chi connectivity index (χ4n) is 6.80. The molecule has 264 valence electrons. The van der Waals surface area contributed by atoms with Gasteiger partial charge in [0.25, 0.3) is 0 Å². The van der Waals surface area contributed by atoms with Gasteiger partial charge in [-0.1, -0.05) is 99.0 Å². The van der Waals surface area contributed by atoms with Gasteiger partial charge in [0, 0.05) is 76.4 Å². The molecule has 2 N–H and O–H groups in total. The van der Waals surface area contributed by atoms with Gasteiger partial charge in [-0.25, -0.2) is 0 Å². The fourth-order valence-corrected chi connectivity index (χ4v) is 8.09. The SMILES string of the molecule is CN1CCN(c2ccc(Cl)cc2Cl)[C@@H](c2ccc(Cl)cc2)[C@H]1CN.CN1CCN(c2ccc(Cl)cc2Cl)[C@@H](c2ccc(Cl)cc2)[C@H]1CN=[N+]=[N-]. The number of hydrogen-bond acceptors (Lipinski definition) is 6. The van der Waals surface area contributed by atoms with Gasteiger partial charge in [-0.15, -0.1) is 0 Å². The molecule has 4 aromatic carbocycles. The summed E-state index contributed by atoms with van der Waals surface area (Å²) < 4.78 is 0. The van der Waals surface area contributed by atoms with Crippen molar-refractivity contribution in [1.29, 1.82) is 0 Å². The molecule has 0 saturated carbocycles. The number of hydrogen-bond donors (Lipinski definition) is 1. The van der Waals surface area contributed by atoms with Gasteiger partial charge in [0.1, 0.15) is 0 Å². The molecule has 2 fully saturated rings. The smallest absolute Gasteiger partial charge is 0.0711 e. The number of nitrogens with zero attached hydrogens (tertiary/aromatic N) is 7. The molecule has 8 nitrogen and oxygen atoms in total.